The SMILES string of the molecule is COc1c(Cl)cc(CC(C)NC(=O)Nc2ccccc2)cc1Cl. The summed E-state index contributed by atoms with van der Waals surface area (Å²) in [5, 5.41) is 6.56. The van der Waals surface area contributed by atoms with Crippen LogP contribution in [0.1, 0.15) is 12.5 Å². The van der Waals surface area contributed by atoms with Gasteiger partial charge in [0, 0.05) is 11.7 Å². The molecule has 0 aliphatic heterocycles. The number of rotatable bonds is 5. The minimum atomic E-state index is -0.255. The van der Waals surface area contributed by atoms with Crippen molar-refractivity contribution in [2.24, 2.45) is 0 Å². The average molecular weight is 353 g/mol. The first-order valence-corrected chi connectivity index (χ1v) is 7.89. The van der Waals surface area contributed by atoms with Crippen molar-refractivity contribution in [3.05, 3.63) is 58.1 Å². The number of ether oxygens (including phenoxy) is 1. The summed E-state index contributed by atoms with van der Waals surface area (Å²) in [6.07, 6.45) is 0.603. The van der Waals surface area contributed by atoms with Crippen LogP contribution < -0.4 is 15.4 Å². The molecule has 4 nitrogen and oxygen atoms in total. The first kappa shape index (κ1) is 17.4. The largest absolute Gasteiger partial charge is 0.494 e. The highest BCUT2D eigenvalue weighted by Gasteiger charge is 2.12. The van der Waals surface area contributed by atoms with Gasteiger partial charge in [-0.25, -0.2) is 4.79 Å². The van der Waals surface area contributed by atoms with Crippen molar-refractivity contribution in [1.82, 2.24) is 5.32 Å². The van der Waals surface area contributed by atoms with Gasteiger partial charge in [0.25, 0.3) is 0 Å². The van der Waals surface area contributed by atoms with Crippen molar-refractivity contribution >= 4 is 34.9 Å². The molecule has 0 aromatic heterocycles. The van der Waals surface area contributed by atoms with Crippen LogP contribution in [0, 0.1) is 0 Å². The zero-order chi connectivity index (χ0) is 16.8. The Morgan fingerprint density at radius 3 is 2.35 bits per heavy atom. The molecule has 0 aliphatic rings. The summed E-state index contributed by atoms with van der Waals surface area (Å²) in [5.41, 5.74) is 1.67. The maximum absolute atomic E-state index is 12.0. The number of hydrogen-bond donors (Lipinski definition) is 2. The monoisotopic (exact) mass is 352 g/mol. The van der Waals surface area contributed by atoms with E-state index in [0.717, 1.165) is 11.3 Å². The van der Waals surface area contributed by atoms with Gasteiger partial charge in [-0.15, -0.1) is 0 Å². The number of anilines is 1. The zero-order valence-corrected chi connectivity index (χ0v) is 14.4. The van der Waals surface area contributed by atoms with Crippen molar-refractivity contribution in [3.8, 4) is 5.75 Å². The third kappa shape index (κ3) is 5.05. The second-order valence-electron chi connectivity index (χ2n) is 5.16. The van der Waals surface area contributed by atoms with E-state index in [1.54, 1.807) is 12.1 Å². The molecule has 0 bridgehead atoms. The number of methoxy groups -OCH3 is 1. The summed E-state index contributed by atoms with van der Waals surface area (Å²) in [7, 11) is 1.52. The molecule has 1 atom stereocenters. The Balaban J connectivity index is 1.94. The Morgan fingerprint density at radius 1 is 1.17 bits per heavy atom. The minimum absolute atomic E-state index is 0.0840. The van der Waals surface area contributed by atoms with Crippen molar-refractivity contribution in [1.29, 1.82) is 0 Å². The van der Waals surface area contributed by atoms with Crippen LogP contribution in [0.5, 0.6) is 5.75 Å². The van der Waals surface area contributed by atoms with Crippen LogP contribution in [0.15, 0.2) is 42.5 Å². The lowest BCUT2D eigenvalue weighted by Gasteiger charge is -2.16. The topological polar surface area (TPSA) is 50.4 Å². The van der Waals surface area contributed by atoms with Gasteiger partial charge in [-0.05, 0) is 43.2 Å². The maximum Gasteiger partial charge on any atom is 0.319 e. The van der Waals surface area contributed by atoms with E-state index < -0.39 is 0 Å². The molecule has 23 heavy (non-hydrogen) atoms. The van der Waals surface area contributed by atoms with Crippen LogP contribution in [-0.2, 0) is 6.42 Å². The van der Waals surface area contributed by atoms with Crippen molar-refractivity contribution < 1.29 is 9.53 Å². The van der Waals surface area contributed by atoms with Crippen LogP contribution in [0.25, 0.3) is 0 Å². The number of benzene rings is 2. The summed E-state index contributed by atoms with van der Waals surface area (Å²) < 4.78 is 5.12. The van der Waals surface area contributed by atoms with E-state index in [4.69, 9.17) is 27.9 Å². The molecule has 122 valence electrons. The Bertz CT molecular complexity index is 655. The molecule has 0 saturated heterocycles. The molecule has 0 heterocycles. The molecule has 0 spiro atoms. The molecule has 2 amide bonds. The van der Waals surface area contributed by atoms with Crippen LogP contribution in [0.4, 0.5) is 10.5 Å². The number of nitrogens with one attached hydrogen (secondary N) is 2. The molecule has 2 N–H and O–H groups in total. The number of para-hydroxylation sites is 1. The first-order chi connectivity index (χ1) is 11.0. The fraction of sp³-hybridized carbons (Fsp3) is 0.235. The molecule has 0 radical (unpaired) electrons. The molecule has 0 aliphatic carbocycles. The van der Waals surface area contributed by atoms with E-state index in [0.29, 0.717) is 22.2 Å². The lowest BCUT2D eigenvalue weighted by atomic mass is 10.1. The number of amides is 2. The van der Waals surface area contributed by atoms with Gasteiger partial charge in [-0.2, -0.15) is 0 Å². The highest BCUT2D eigenvalue weighted by molar-refractivity contribution is 6.37. The predicted molar refractivity (Wildman–Crippen MR) is 94.8 cm³/mol. The molecule has 0 fully saturated rings. The van der Waals surface area contributed by atoms with E-state index in [2.05, 4.69) is 10.6 Å². The highest BCUT2D eigenvalue weighted by atomic mass is 35.5. The van der Waals surface area contributed by atoms with Crippen LogP contribution >= 0.6 is 23.2 Å². The van der Waals surface area contributed by atoms with Crippen LogP contribution in [0.2, 0.25) is 10.0 Å². The molecule has 2 aromatic carbocycles. The molecular formula is C17H18Cl2N2O2. The number of halogens is 2. The summed E-state index contributed by atoms with van der Waals surface area (Å²) in [5.74, 6) is 0.458. The third-order valence-electron chi connectivity index (χ3n) is 3.21. The number of carbonyl (C=O) groups is 1. The van der Waals surface area contributed by atoms with E-state index in [9.17, 15) is 4.79 Å². The number of urea groups is 1. The quantitative estimate of drug-likeness (QED) is 0.815. The second-order valence-corrected chi connectivity index (χ2v) is 5.98. The van der Waals surface area contributed by atoms with Gasteiger partial charge < -0.3 is 15.4 Å². The Kier molecular flexibility index (Phi) is 6.13. The molecule has 0 saturated carbocycles. The van der Waals surface area contributed by atoms with Gasteiger partial charge in [0.2, 0.25) is 0 Å². The molecular weight excluding hydrogens is 335 g/mol. The highest BCUT2D eigenvalue weighted by Crippen LogP contribution is 2.34. The molecule has 1 unspecified atom stereocenters. The third-order valence-corrected chi connectivity index (χ3v) is 3.77. The lowest BCUT2D eigenvalue weighted by Crippen LogP contribution is -2.37. The summed E-state index contributed by atoms with van der Waals surface area (Å²) >= 11 is 12.2. The summed E-state index contributed by atoms with van der Waals surface area (Å²) in [6, 6.07) is 12.5. The summed E-state index contributed by atoms with van der Waals surface area (Å²) in [6.45, 7) is 1.91. The maximum atomic E-state index is 12.0. The minimum Gasteiger partial charge on any atom is -0.494 e. The number of hydrogen-bond acceptors (Lipinski definition) is 2. The van der Waals surface area contributed by atoms with Crippen molar-refractivity contribution in [3.63, 3.8) is 0 Å². The van der Waals surface area contributed by atoms with Gasteiger partial charge in [0.1, 0.15) is 0 Å². The Labute approximate surface area is 145 Å². The van der Waals surface area contributed by atoms with Gasteiger partial charge in [0.15, 0.2) is 5.75 Å². The smallest absolute Gasteiger partial charge is 0.319 e. The lowest BCUT2D eigenvalue weighted by molar-refractivity contribution is 0.249. The summed E-state index contributed by atoms with van der Waals surface area (Å²) in [4.78, 5) is 12.0. The average Bonchev–Trinajstić information content (AvgIpc) is 2.47. The molecule has 2 aromatic rings. The number of carbonyl (C=O) groups excluding carboxylic acids is 1. The fourth-order valence-electron chi connectivity index (χ4n) is 2.24. The van der Waals surface area contributed by atoms with E-state index >= 15 is 0 Å². The van der Waals surface area contributed by atoms with Gasteiger partial charge in [-0.3, -0.25) is 0 Å². The second kappa shape index (κ2) is 8.09. The van der Waals surface area contributed by atoms with Crippen LogP contribution in [0.3, 0.4) is 0 Å². The zero-order valence-electron chi connectivity index (χ0n) is 12.9. The van der Waals surface area contributed by atoms with Gasteiger partial charge in [0.05, 0.1) is 17.2 Å². The first-order valence-electron chi connectivity index (χ1n) is 7.14. The van der Waals surface area contributed by atoms with Crippen molar-refractivity contribution in [2.75, 3.05) is 12.4 Å². The predicted octanol–water partition coefficient (Wildman–Crippen LogP) is 4.75. The Morgan fingerprint density at radius 2 is 1.78 bits per heavy atom. The fourth-order valence-corrected chi connectivity index (χ4v) is 2.93. The van der Waals surface area contributed by atoms with E-state index in [-0.39, 0.29) is 12.1 Å². The Hall–Kier alpha value is -1.91. The van der Waals surface area contributed by atoms with Gasteiger partial charge in [-0.1, -0.05) is 41.4 Å². The van der Waals surface area contributed by atoms with E-state index in [1.165, 1.54) is 7.11 Å². The van der Waals surface area contributed by atoms with E-state index in [1.807, 2.05) is 37.3 Å². The standard InChI is InChI=1S/C17H18Cl2N2O2/c1-11(20-17(22)21-13-6-4-3-5-7-13)8-12-9-14(18)16(23-2)15(19)10-12/h3-7,9-11H,8H2,1-2H3,(H2,20,21,22). The van der Waals surface area contributed by atoms with Gasteiger partial charge >= 0.3 is 6.03 Å². The van der Waals surface area contributed by atoms with Crippen LogP contribution in [-0.4, -0.2) is 19.2 Å². The normalized spacial score (nSPS) is 11.7. The molecule has 2 rings (SSSR count). The van der Waals surface area contributed by atoms with Crippen molar-refractivity contribution in [2.45, 2.75) is 19.4 Å². The molecule has 6 heteroatoms.